The summed E-state index contributed by atoms with van der Waals surface area (Å²) in [4.78, 5) is 36.2. The fourth-order valence-corrected chi connectivity index (χ4v) is 9.51. The van der Waals surface area contributed by atoms with E-state index in [2.05, 4.69) is 19.9 Å². The number of hydrogen-bond acceptors (Lipinski definition) is 12. The van der Waals surface area contributed by atoms with Crippen LogP contribution in [0, 0.1) is 17.0 Å². The minimum absolute atomic E-state index is 0. The summed E-state index contributed by atoms with van der Waals surface area (Å²) in [5.74, 6) is -5.82. The maximum absolute atomic E-state index is 14.9. The smallest absolute Gasteiger partial charge is 0.859 e. The molecule has 6 rings (SSSR count). The van der Waals surface area contributed by atoms with Crippen molar-refractivity contribution in [3.05, 3.63) is 103 Å². The number of carbonyl (C=O) groups excluding carboxylic acids is 1. The van der Waals surface area contributed by atoms with Gasteiger partial charge in [-0.05, 0) is 45.0 Å². The molecule has 0 saturated heterocycles. The molecule has 2 aliphatic heterocycles. The molecule has 0 radical (unpaired) electrons. The van der Waals surface area contributed by atoms with Crippen LogP contribution in [0.25, 0.3) is 21.3 Å². The first-order valence-electron chi connectivity index (χ1n) is 17.5. The van der Waals surface area contributed by atoms with Gasteiger partial charge in [-0.1, -0.05) is 74.4 Å². The maximum Gasteiger partial charge on any atom is 1.00 e. The molecular formula is C36H33Cl4F6KN6O8S2Si. The summed E-state index contributed by atoms with van der Waals surface area (Å²) in [5, 5.41) is 9.00. The van der Waals surface area contributed by atoms with E-state index in [0.29, 0.717) is 0 Å². The SMILES string of the molecule is CC(C)(C)C(=O)OC1=C(c2c(F)ccc(Cl)c2Cl)S(=O)(=O)N(CC(F)F)c2nccnc21.C[Si](C)(C)[O-].O=S1(=O)C(c2c(F)ccc(Cl)c2Cl)=C(O)c2nccnc2N1CC(F)F.[K+]. The van der Waals surface area contributed by atoms with Gasteiger partial charge in [-0.3, -0.25) is 4.79 Å². The number of benzene rings is 2. The Morgan fingerprint density at radius 3 is 1.50 bits per heavy atom. The zero-order valence-electron chi connectivity index (χ0n) is 34.3. The maximum atomic E-state index is 14.9. The van der Waals surface area contributed by atoms with Crippen LogP contribution in [0.1, 0.15) is 43.3 Å². The predicted octanol–water partition coefficient (Wildman–Crippen LogP) is 5.66. The fourth-order valence-electron chi connectivity index (χ4n) is 5.18. The van der Waals surface area contributed by atoms with E-state index in [-0.39, 0.29) is 75.7 Å². The van der Waals surface area contributed by atoms with Crippen molar-refractivity contribution >= 4 is 114 Å². The van der Waals surface area contributed by atoms with Crippen molar-refractivity contribution in [3.8, 4) is 0 Å². The second-order valence-corrected chi connectivity index (χ2v) is 24.2. The van der Waals surface area contributed by atoms with Gasteiger partial charge in [0, 0.05) is 24.8 Å². The summed E-state index contributed by atoms with van der Waals surface area (Å²) >= 11 is 23.8. The molecule has 1 N–H and O–H groups in total. The molecule has 0 aliphatic carbocycles. The number of carbonyl (C=O) groups is 1. The quantitative estimate of drug-likeness (QED) is 0.103. The Kier molecular flexibility index (Phi) is 18.8. The van der Waals surface area contributed by atoms with Gasteiger partial charge in [-0.15, -0.1) is 0 Å². The zero-order valence-corrected chi connectivity index (χ0v) is 43.1. The molecule has 0 fully saturated rings. The van der Waals surface area contributed by atoms with E-state index in [1.165, 1.54) is 20.8 Å². The van der Waals surface area contributed by atoms with Gasteiger partial charge in [0.25, 0.3) is 32.9 Å². The van der Waals surface area contributed by atoms with Crippen LogP contribution in [-0.4, -0.2) is 82.1 Å². The molecule has 0 atom stereocenters. The van der Waals surface area contributed by atoms with E-state index in [1.807, 2.05) is 0 Å². The third kappa shape index (κ3) is 12.5. The van der Waals surface area contributed by atoms with Crippen molar-refractivity contribution in [1.29, 1.82) is 0 Å². The molecule has 0 bridgehead atoms. The first-order chi connectivity index (χ1) is 28.9. The van der Waals surface area contributed by atoms with Crippen LogP contribution in [0.5, 0.6) is 0 Å². The van der Waals surface area contributed by atoms with Gasteiger partial charge < -0.3 is 14.6 Å². The molecule has 2 aromatic carbocycles. The Balaban J connectivity index is 0.000000308. The van der Waals surface area contributed by atoms with Crippen molar-refractivity contribution in [2.45, 2.75) is 53.3 Å². The normalized spacial score (nSPS) is 15.4. The Morgan fingerprint density at radius 2 is 1.09 bits per heavy atom. The van der Waals surface area contributed by atoms with Crippen LogP contribution < -0.4 is 64.8 Å². The van der Waals surface area contributed by atoms with Gasteiger partial charge in [-0.25, -0.2) is 71.7 Å². The monoisotopic (exact) mass is 1060 g/mol. The number of hydrogen-bond donors (Lipinski definition) is 1. The number of nitrogens with zero attached hydrogens (tertiary/aromatic N) is 6. The summed E-state index contributed by atoms with van der Waals surface area (Å²) in [6, 6.07) is 3.85. The van der Waals surface area contributed by atoms with Gasteiger partial charge in [-0.2, -0.15) is 0 Å². The van der Waals surface area contributed by atoms with Gasteiger partial charge in [0.1, 0.15) is 27.1 Å². The first kappa shape index (κ1) is 55.7. The average Bonchev–Trinajstić information content (AvgIpc) is 3.16. The largest absolute Gasteiger partial charge is 1.00 e. The number of alkyl halides is 4. The predicted molar refractivity (Wildman–Crippen MR) is 227 cm³/mol. The second-order valence-electron chi connectivity index (χ2n) is 14.8. The molecule has 342 valence electrons. The zero-order chi connectivity index (χ0) is 47.7. The van der Waals surface area contributed by atoms with E-state index >= 15 is 0 Å². The number of aliphatic hydroxyl groups excluding tert-OH is 1. The molecule has 2 aromatic heterocycles. The van der Waals surface area contributed by atoms with Crippen molar-refractivity contribution in [2.75, 3.05) is 21.7 Å². The minimum Gasteiger partial charge on any atom is -0.859 e. The molecular weight excluding hydrogens is 1030 g/mol. The van der Waals surface area contributed by atoms with Gasteiger partial charge in [0.15, 0.2) is 28.8 Å². The first-order valence-corrected chi connectivity index (χ1v) is 25.3. The summed E-state index contributed by atoms with van der Waals surface area (Å²) in [5.41, 5.74) is -3.36. The standard InChI is InChI=1S/C19H16Cl2F3N3O4S.C14H8Cl2F3N3O3S.C3H9OSi.K/c1-19(2,3)18(28)31-15-14-17(26-7-6-25-14)27(8-11(23)24)32(29,30)16(15)12-10(22)5-4-9(20)13(12)21;15-6-1-2-7(17)9(10(6)16)13-12(23)11-14(21-4-3-20-11)22(5-8(18)19)26(13,24)25;1-5(2,3)4;/h4-7,11H,8H2,1-3H3;1-4,8,23H,5H2;1-3H3;/q;;-1;+1. The van der Waals surface area contributed by atoms with Crippen LogP contribution >= 0.6 is 46.4 Å². The van der Waals surface area contributed by atoms with Crippen molar-refractivity contribution in [1.82, 2.24) is 19.9 Å². The summed E-state index contributed by atoms with van der Waals surface area (Å²) in [7, 11) is -11.7. The molecule has 64 heavy (non-hydrogen) atoms. The van der Waals surface area contributed by atoms with E-state index in [4.69, 9.17) is 51.1 Å². The molecule has 28 heteroatoms. The summed E-state index contributed by atoms with van der Waals surface area (Å²) in [6.45, 7) is 7.23. The molecule has 2 aliphatic rings. The van der Waals surface area contributed by atoms with Gasteiger partial charge >= 0.3 is 57.4 Å². The summed E-state index contributed by atoms with van der Waals surface area (Å²) < 4.78 is 140. The number of rotatable bonds is 7. The second kappa shape index (κ2) is 21.6. The number of ether oxygens (including phenoxy) is 1. The number of halogens is 10. The number of sulfonamides is 2. The topological polar surface area (TPSA) is 196 Å². The van der Waals surface area contributed by atoms with Gasteiger partial charge in [0.2, 0.25) is 0 Å². The third-order valence-corrected chi connectivity index (χ3v) is 13.0. The van der Waals surface area contributed by atoms with E-state index in [9.17, 15) is 57.9 Å². The van der Waals surface area contributed by atoms with Crippen molar-refractivity contribution in [3.63, 3.8) is 0 Å². The Labute approximate surface area is 426 Å². The molecule has 0 saturated carbocycles. The molecule has 0 amide bonds. The number of aromatic nitrogens is 4. The van der Waals surface area contributed by atoms with Crippen molar-refractivity contribution in [2.24, 2.45) is 5.41 Å². The van der Waals surface area contributed by atoms with Crippen LogP contribution in [0.2, 0.25) is 39.7 Å². The Morgan fingerprint density at radius 1 is 0.734 bits per heavy atom. The fraction of sp³-hybridized carbons (Fsp3) is 0.306. The molecule has 0 unspecified atom stereocenters. The Hall–Kier alpha value is -2.60. The third-order valence-electron chi connectivity index (χ3n) is 7.74. The minimum atomic E-state index is -4.96. The Bertz CT molecular complexity index is 2730. The molecule has 4 aromatic rings. The molecule has 0 spiro atoms. The van der Waals surface area contributed by atoms with E-state index in [1.54, 1.807) is 19.6 Å². The number of anilines is 2. The van der Waals surface area contributed by atoms with Gasteiger partial charge in [0.05, 0.1) is 49.7 Å². The number of fused-ring (bicyclic) bond motifs is 2. The van der Waals surface area contributed by atoms with Crippen LogP contribution in [0.3, 0.4) is 0 Å². The van der Waals surface area contributed by atoms with E-state index < -0.39 is 137 Å². The van der Waals surface area contributed by atoms with Crippen molar-refractivity contribution < 1.29 is 114 Å². The summed E-state index contributed by atoms with van der Waals surface area (Å²) in [6.07, 6.45) is -1.79. The van der Waals surface area contributed by atoms with E-state index in [0.717, 1.165) is 49.1 Å². The van der Waals surface area contributed by atoms with Crippen LogP contribution in [0.15, 0.2) is 49.1 Å². The molecule has 4 heterocycles. The number of aliphatic hydroxyl groups is 1. The number of esters is 1. The molecule has 14 nitrogen and oxygen atoms in total. The van der Waals surface area contributed by atoms with Crippen LogP contribution in [0.4, 0.5) is 38.0 Å². The van der Waals surface area contributed by atoms with Crippen LogP contribution in [-0.2, 0) is 29.6 Å². The average molecular weight is 1060 g/mol.